The summed E-state index contributed by atoms with van der Waals surface area (Å²) in [5.41, 5.74) is 0.848. The summed E-state index contributed by atoms with van der Waals surface area (Å²) in [6, 6.07) is 10.3. The third kappa shape index (κ3) is 4.26. The van der Waals surface area contributed by atoms with Crippen molar-refractivity contribution in [3.05, 3.63) is 48.2 Å². The average Bonchev–Trinajstić information content (AvgIpc) is 2.61. The van der Waals surface area contributed by atoms with Gasteiger partial charge in [-0.3, -0.25) is 4.79 Å². The van der Waals surface area contributed by atoms with Gasteiger partial charge in [-0.1, -0.05) is 12.1 Å². The second-order valence-corrected chi connectivity index (χ2v) is 5.59. The van der Waals surface area contributed by atoms with Crippen molar-refractivity contribution in [2.24, 2.45) is 0 Å². The van der Waals surface area contributed by atoms with Crippen LogP contribution in [0.3, 0.4) is 0 Å². The zero-order valence-electron chi connectivity index (χ0n) is 13.6. The quantitative estimate of drug-likeness (QED) is 0.640. The van der Waals surface area contributed by atoms with Crippen LogP contribution in [-0.2, 0) is 9.53 Å². The van der Waals surface area contributed by atoms with Gasteiger partial charge < -0.3 is 14.8 Å². The van der Waals surface area contributed by atoms with Gasteiger partial charge in [0.1, 0.15) is 10.8 Å². The molecule has 1 unspecified atom stereocenters. The number of anilines is 1. The summed E-state index contributed by atoms with van der Waals surface area (Å²) in [4.78, 5) is 28.6. The first-order chi connectivity index (χ1) is 11.6. The molecule has 1 aromatic heterocycles. The van der Waals surface area contributed by atoms with Crippen LogP contribution >= 0.6 is 11.8 Å². The van der Waals surface area contributed by atoms with E-state index < -0.39 is 18.0 Å². The number of ether oxygens (including phenoxy) is 2. The highest BCUT2D eigenvalue weighted by Gasteiger charge is 2.21. The van der Waals surface area contributed by atoms with Gasteiger partial charge in [0.25, 0.3) is 5.91 Å². The summed E-state index contributed by atoms with van der Waals surface area (Å²) in [5.74, 6) is -0.501. The number of benzene rings is 1. The second-order valence-electron chi connectivity index (χ2n) is 4.80. The van der Waals surface area contributed by atoms with Crippen LogP contribution in [0.15, 0.2) is 47.6 Å². The fourth-order valence-electron chi connectivity index (χ4n) is 1.97. The molecule has 1 aromatic carbocycles. The van der Waals surface area contributed by atoms with Gasteiger partial charge >= 0.3 is 5.97 Å². The van der Waals surface area contributed by atoms with Gasteiger partial charge in [0.05, 0.1) is 18.4 Å². The number of nitrogens with one attached hydrogen (secondary N) is 1. The number of aromatic nitrogens is 1. The number of nitrogens with zero attached hydrogens (tertiary/aromatic N) is 1. The molecular weight excluding hydrogens is 328 g/mol. The van der Waals surface area contributed by atoms with E-state index in [0.717, 1.165) is 0 Å². The number of amides is 1. The van der Waals surface area contributed by atoms with Gasteiger partial charge in [-0.05, 0) is 37.4 Å². The number of thioether (sulfide) groups is 1. The van der Waals surface area contributed by atoms with Crippen LogP contribution in [0.25, 0.3) is 0 Å². The molecule has 0 saturated carbocycles. The van der Waals surface area contributed by atoms with Crippen molar-refractivity contribution >= 4 is 29.3 Å². The molecule has 1 amide bonds. The minimum atomic E-state index is -0.961. The van der Waals surface area contributed by atoms with E-state index in [9.17, 15) is 9.59 Å². The molecule has 24 heavy (non-hydrogen) atoms. The van der Waals surface area contributed by atoms with E-state index in [1.54, 1.807) is 42.6 Å². The molecular formula is C17H18N2O4S. The Morgan fingerprint density at radius 1 is 1.21 bits per heavy atom. The molecule has 6 nitrogen and oxygen atoms in total. The lowest BCUT2D eigenvalue weighted by molar-refractivity contribution is -0.123. The Hall–Kier alpha value is -2.54. The van der Waals surface area contributed by atoms with Gasteiger partial charge in [0.15, 0.2) is 6.10 Å². The summed E-state index contributed by atoms with van der Waals surface area (Å²) in [6.45, 7) is 1.51. The second kappa shape index (κ2) is 8.35. The van der Waals surface area contributed by atoms with Crippen molar-refractivity contribution in [1.82, 2.24) is 4.98 Å². The van der Waals surface area contributed by atoms with Gasteiger partial charge in [-0.25, -0.2) is 9.78 Å². The van der Waals surface area contributed by atoms with Crippen molar-refractivity contribution in [3.63, 3.8) is 0 Å². The van der Waals surface area contributed by atoms with Gasteiger partial charge in [-0.2, -0.15) is 0 Å². The van der Waals surface area contributed by atoms with E-state index in [2.05, 4.69) is 10.3 Å². The molecule has 126 valence electrons. The molecule has 0 fully saturated rings. The van der Waals surface area contributed by atoms with Crippen molar-refractivity contribution in [2.75, 3.05) is 18.7 Å². The van der Waals surface area contributed by atoms with Crippen LogP contribution in [0.1, 0.15) is 17.3 Å². The maximum absolute atomic E-state index is 12.2. The number of para-hydroxylation sites is 2. The van der Waals surface area contributed by atoms with Crippen molar-refractivity contribution in [1.29, 1.82) is 0 Å². The number of pyridine rings is 1. The van der Waals surface area contributed by atoms with E-state index in [1.165, 1.54) is 25.8 Å². The van der Waals surface area contributed by atoms with E-state index >= 15 is 0 Å². The molecule has 7 heteroatoms. The van der Waals surface area contributed by atoms with Crippen LogP contribution in [0.2, 0.25) is 0 Å². The average molecular weight is 346 g/mol. The Morgan fingerprint density at radius 2 is 1.96 bits per heavy atom. The first-order valence-electron chi connectivity index (χ1n) is 7.20. The molecule has 0 saturated heterocycles. The Morgan fingerprint density at radius 3 is 2.67 bits per heavy atom. The molecule has 0 bridgehead atoms. The number of esters is 1. The zero-order chi connectivity index (χ0) is 17.5. The third-order valence-corrected chi connectivity index (χ3v) is 3.91. The number of rotatable bonds is 6. The molecule has 0 radical (unpaired) electrons. The predicted molar refractivity (Wildman–Crippen MR) is 92.5 cm³/mol. The number of carbonyl (C=O) groups is 2. The highest BCUT2D eigenvalue weighted by molar-refractivity contribution is 7.98. The molecule has 0 aliphatic rings. The lowest BCUT2D eigenvalue weighted by Crippen LogP contribution is -2.30. The third-order valence-electron chi connectivity index (χ3n) is 3.20. The van der Waals surface area contributed by atoms with Crippen molar-refractivity contribution in [3.8, 4) is 5.75 Å². The van der Waals surface area contributed by atoms with Crippen LogP contribution < -0.4 is 10.1 Å². The van der Waals surface area contributed by atoms with Crippen LogP contribution in [0, 0.1) is 0 Å². The largest absolute Gasteiger partial charge is 0.495 e. The van der Waals surface area contributed by atoms with E-state index in [-0.39, 0.29) is 0 Å². The summed E-state index contributed by atoms with van der Waals surface area (Å²) >= 11 is 1.34. The normalized spacial score (nSPS) is 11.5. The minimum absolute atomic E-state index is 0.335. The Bertz CT molecular complexity index is 736. The lowest BCUT2D eigenvalue weighted by atomic mass is 10.2. The fourth-order valence-corrected chi connectivity index (χ4v) is 2.51. The minimum Gasteiger partial charge on any atom is -0.495 e. The van der Waals surface area contributed by atoms with Crippen molar-refractivity contribution < 1.29 is 19.1 Å². The summed E-state index contributed by atoms with van der Waals surface area (Å²) < 4.78 is 10.4. The molecule has 2 rings (SSSR count). The van der Waals surface area contributed by atoms with Crippen LogP contribution in [-0.4, -0.2) is 36.3 Å². The summed E-state index contributed by atoms with van der Waals surface area (Å²) in [5, 5.41) is 3.24. The molecule has 1 heterocycles. The molecule has 1 N–H and O–H groups in total. The number of carbonyl (C=O) groups excluding carboxylic acids is 2. The number of hydrogen-bond donors (Lipinski definition) is 1. The fraction of sp³-hybridized carbons (Fsp3) is 0.235. The Labute approximate surface area is 144 Å². The molecule has 0 aliphatic carbocycles. The van der Waals surface area contributed by atoms with Gasteiger partial charge in [-0.15, -0.1) is 11.8 Å². The molecule has 0 spiro atoms. The zero-order valence-corrected chi connectivity index (χ0v) is 14.4. The predicted octanol–water partition coefficient (Wildman–Crippen LogP) is 3.00. The molecule has 0 aliphatic heterocycles. The standard InChI is InChI=1S/C17H18N2O4S/c1-11(15(20)19-13-8-4-5-9-14(13)22-2)23-17(21)12-7-6-10-18-16(12)24-3/h4-11H,1-3H3,(H,19,20). The van der Waals surface area contributed by atoms with E-state index in [4.69, 9.17) is 9.47 Å². The lowest BCUT2D eigenvalue weighted by Gasteiger charge is -2.15. The SMILES string of the molecule is COc1ccccc1NC(=O)C(C)OC(=O)c1cccnc1SC. The first-order valence-corrected chi connectivity index (χ1v) is 8.43. The topological polar surface area (TPSA) is 77.5 Å². The summed E-state index contributed by atoms with van der Waals surface area (Å²) in [6.07, 6.45) is 2.45. The Balaban J connectivity index is 2.05. The van der Waals surface area contributed by atoms with E-state index in [0.29, 0.717) is 22.0 Å². The van der Waals surface area contributed by atoms with Crippen LogP contribution in [0.5, 0.6) is 5.75 Å². The maximum atomic E-state index is 12.2. The van der Waals surface area contributed by atoms with E-state index in [1.807, 2.05) is 6.26 Å². The van der Waals surface area contributed by atoms with Gasteiger partial charge in [0.2, 0.25) is 0 Å². The van der Waals surface area contributed by atoms with Crippen LogP contribution in [0.4, 0.5) is 5.69 Å². The Kier molecular flexibility index (Phi) is 6.20. The maximum Gasteiger partial charge on any atom is 0.341 e. The van der Waals surface area contributed by atoms with Crippen molar-refractivity contribution in [2.45, 2.75) is 18.1 Å². The smallest absolute Gasteiger partial charge is 0.341 e. The van der Waals surface area contributed by atoms with Gasteiger partial charge in [0, 0.05) is 6.20 Å². The number of hydrogen-bond acceptors (Lipinski definition) is 6. The highest BCUT2D eigenvalue weighted by atomic mass is 32.2. The molecule has 2 aromatic rings. The summed E-state index contributed by atoms with van der Waals surface area (Å²) in [7, 11) is 1.51. The monoisotopic (exact) mass is 346 g/mol. The molecule has 1 atom stereocenters. The number of methoxy groups -OCH3 is 1. The highest BCUT2D eigenvalue weighted by Crippen LogP contribution is 2.23. The first kappa shape index (κ1) is 17.8.